The topological polar surface area (TPSA) is 43.8 Å². The lowest BCUT2D eigenvalue weighted by atomic mass is 10.1. The third kappa shape index (κ3) is 2.52. The molecule has 0 bridgehead atoms. The zero-order chi connectivity index (χ0) is 15.0. The Labute approximate surface area is 122 Å². The van der Waals surface area contributed by atoms with Crippen LogP contribution in [0.3, 0.4) is 0 Å². The van der Waals surface area contributed by atoms with Crippen molar-refractivity contribution in [1.82, 2.24) is 9.55 Å². The van der Waals surface area contributed by atoms with Crippen LogP contribution < -0.4 is 5.73 Å². The Balaban J connectivity index is 2.08. The van der Waals surface area contributed by atoms with E-state index in [9.17, 15) is 8.78 Å². The second kappa shape index (κ2) is 5.47. The van der Waals surface area contributed by atoms with Crippen molar-refractivity contribution in [2.24, 2.45) is 0 Å². The fraction of sp³-hybridized carbons (Fsp3) is 0.438. The third-order valence-corrected chi connectivity index (χ3v) is 3.92. The molecule has 0 radical (unpaired) electrons. The molecule has 3 rings (SSSR count). The quantitative estimate of drug-likeness (QED) is 0.901. The number of hydrogen-bond acceptors (Lipinski definition) is 2. The first-order chi connectivity index (χ1) is 10.1. The summed E-state index contributed by atoms with van der Waals surface area (Å²) in [7, 11) is 0. The normalized spacial score (nSPS) is 14.6. The minimum Gasteiger partial charge on any atom is -0.383 e. The molecule has 3 nitrogen and oxygen atoms in total. The Morgan fingerprint density at radius 1 is 1.33 bits per heavy atom. The molecule has 0 atom stereocenters. The van der Waals surface area contributed by atoms with E-state index in [1.54, 1.807) is 0 Å². The molecule has 1 aliphatic carbocycles. The van der Waals surface area contributed by atoms with Gasteiger partial charge in [0.2, 0.25) is 0 Å². The summed E-state index contributed by atoms with van der Waals surface area (Å²) >= 11 is 0. The van der Waals surface area contributed by atoms with Crippen molar-refractivity contribution in [1.29, 1.82) is 0 Å². The number of halogens is 2. The van der Waals surface area contributed by atoms with E-state index >= 15 is 0 Å². The Bertz CT molecular complexity index is 660. The number of benzene rings is 1. The van der Waals surface area contributed by atoms with Crippen molar-refractivity contribution in [2.75, 3.05) is 5.73 Å². The van der Waals surface area contributed by atoms with Crippen LogP contribution in [0.15, 0.2) is 18.2 Å². The van der Waals surface area contributed by atoms with Crippen molar-refractivity contribution in [3.05, 3.63) is 35.7 Å². The first-order valence-corrected chi connectivity index (χ1v) is 7.43. The summed E-state index contributed by atoms with van der Waals surface area (Å²) in [6.07, 6.45) is 4.22. The number of hydrogen-bond donors (Lipinski definition) is 1. The Morgan fingerprint density at radius 2 is 2.10 bits per heavy atom. The van der Waals surface area contributed by atoms with Crippen LogP contribution in [-0.2, 0) is 6.54 Å². The largest absolute Gasteiger partial charge is 0.383 e. The number of nitrogens with zero attached hydrogens (tertiary/aromatic N) is 2. The number of unbranched alkanes of at least 4 members (excludes halogenated alkanes) is 1. The lowest BCUT2D eigenvalue weighted by Gasteiger charge is -2.08. The molecule has 0 amide bonds. The number of anilines is 1. The van der Waals surface area contributed by atoms with Crippen LogP contribution in [0.4, 0.5) is 14.6 Å². The SMILES string of the molecule is CCCCn1c(C2CC2)nc(-c2cccc(F)c2F)c1N. The summed E-state index contributed by atoms with van der Waals surface area (Å²) in [4.78, 5) is 4.53. The molecule has 1 fully saturated rings. The average molecular weight is 291 g/mol. The molecule has 1 heterocycles. The van der Waals surface area contributed by atoms with Gasteiger partial charge < -0.3 is 10.3 Å². The Hall–Kier alpha value is -1.91. The molecule has 1 aliphatic rings. The third-order valence-electron chi connectivity index (χ3n) is 3.92. The molecule has 21 heavy (non-hydrogen) atoms. The van der Waals surface area contributed by atoms with Crippen molar-refractivity contribution in [3.8, 4) is 11.3 Å². The second-order valence-corrected chi connectivity index (χ2v) is 5.58. The summed E-state index contributed by atoms with van der Waals surface area (Å²) in [6.45, 7) is 2.88. The highest BCUT2D eigenvalue weighted by Crippen LogP contribution is 2.42. The minimum absolute atomic E-state index is 0.143. The van der Waals surface area contributed by atoms with Crippen molar-refractivity contribution in [2.45, 2.75) is 45.1 Å². The van der Waals surface area contributed by atoms with Crippen LogP contribution in [0.2, 0.25) is 0 Å². The molecule has 1 aromatic heterocycles. The van der Waals surface area contributed by atoms with Gasteiger partial charge in [-0.1, -0.05) is 19.4 Å². The first-order valence-electron chi connectivity index (χ1n) is 7.43. The zero-order valence-corrected chi connectivity index (χ0v) is 12.1. The molecule has 1 aromatic carbocycles. The smallest absolute Gasteiger partial charge is 0.168 e. The van der Waals surface area contributed by atoms with Gasteiger partial charge in [-0.25, -0.2) is 13.8 Å². The number of nitrogens with two attached hydrogens (primary N) is 1. The zero-order valence-electron chi connectivity index (χ0n) is 12.1. The van der Waals surface area contributed by atoms with Gasteiger partial charge >= 0.3 is 0 Å². The summed E-state index contributed by atoms with van der Waals surface area (Å²) < 4.78 is 29.4. The monoisotopic (exact) mass is 291 g/mol. The minimum atomic E-state index is -0.883. The lowest BCUT2D eigenvalue weighted by molar-refractivity contribution is 0.511. The Morgan fingerprint density at radius 3 is 2.76 bits per heavy atom. The van der Waals surface area contributed by atoms with Gasteiger partial charge in [-0.15, -0.1) is 0 Å². The molecule has 2 N–H and O–H groups in total. The van der Waals surface area contributed by atoms with E-state index < -0.39 is 11.6 Å². The molecule has 0 unspecified atom stereocenters. The fourth-order valence-corrected chi connectivity index (χ4v) is 2.57. The van der Waals surface area contributed by atoms with E-state index in [4.69, 9.17) is 5.73 Å². The lowest BCUT2D eigenvalue weighted by Crippen LogP contribution is -2.06. The molecular weight excluding hydrogens is 272 g/mol. The number of nitrogen functional groups attached to an aromatic ring is 1. The number of imidazole rings is 1. The molecule has 1 saturated carbocycles. The maximum Gasteiger partial charge on any atom is 0.168 e. The van der Waals surface area contributed by atoms with E-state index in [-0.39, 0.29) is 5.56 Å². The summed E-state index contributed by atoms with van der Waals surface area (Å²) in [5.41, 5.74) is 6.68. The van der Waals surface area contributed by atoms with E-state index in [1.807, 2.05) is 4.57 Å². The fourth-order valence-electron chi connectivity index (χ4n) is 2.57. The highest BCUT2D eigenvalue weighted by Gasteiger charge is 2.31. The van der Waals surface area contributed by atoms with E-state index in [1.165, 1.54) is 12.1 Å². The maximum atomic E-state index is 14.0. The summed E-state index contributed by atoms with van der Waals surface area (Å²) in [5, 5.41) is 0. The molecular formula is C16H19F2N3. The van der Waals surface area contributed by atoms with Crippen LogP contribution >= 0.6 is 0 Å². The van der Waals surface area contributed by atoms with Gasteiger partial charge in [-0.3, -0.25) is 0 Å². The van der Waals surface area contributed by atoms with Gasteiger partial charge in [0.05, 0.1) is 0 Å². The van der Waals surface area contributed by atoms with Crippen molar-refractivity contribution in [3.63, 3.8) is 0 Å². The predicted molar refractivity (Wildman–Crippen MR) is 78.9 cm³/mol. The van der Waals surface area contributed by atoms with Crippen LogP contribution in [0.25, 0.3) is 11.3 Å². The van der Waals surface area contributed by atoms with E-state index in [2.05, 4.69) is 11.9 Å². The molecule has 0 spiro atoms. The van der Waals surface area contributed by atoms with E-state index in [0.717, 1.165) is 44.1 Å². The molecule has 2 aromatic rings. The maximum absolute atomic E-state index is 14.0. The highest BCUT2D eigenvalue weighted by molar-refractivity contribution is 5.71. The van der Waals surface area contributed by atoms with Crippen LogP contribution in [0.5, 0.6) is 0 Å². The summed E-state index contributed by atoms with van der Waals surface area (Å²) in [6, 6.07) is 4.11. The van der Waals surface area contributed by atoms with Crippen LogP contribution in [0, 0.1) is 11.6 Å². The van der Waals surface area contributed by atoms with Crippen LogP contribution in [0.1, 0.15) is 44.3 Å². The first kappa shape index (κ1) is 14.0. The average Bonchev–Trinajstić information content (AvgIpc) is 3.26. The molecule has 5 heteroatoms. The molecule has 0 saturated heterocycles. The van der Waals surface area contributed by atoms with Gasteiger partial charge in [0.15, 0.2) is 11.6 Å². The van der Waals surface area contributed by atoms with Crippen molar-refractivity contribution >= 4 is 5.82 Å². The highest BCUT2D eigenvalue weighted by atomic mass is 19.2. The van der Waals surface area contributed by atoms with Crippen LogP contribution in [-0.4, -0.2) is 9.55 Å². The van der Waals surface area contributed by atoms with Gasteiger partial charge in [0, 0.05) is 18.0 Å². The Kier molecular flexibility index (Phi) is 3.66. The number of aromatic nitrogens is 2. The van der Waals surface area contributed by atoms with Crippen molar-refractivity contribution < 1.29 is 8.78 Å². The van der Waals surface area contributed by atoms with Gasteiger partial charge in [-0.2, -0.15) is 0 Å². The van der Waals surface area contributed by atoms with E-state index in [0.29, 0.717) is 17.4 Å². The van der Waals surface area contributed by atoms with Gasteiger partial charge in [0.1, 0.15) is 17.3 Å². The van der Waals surface area contributed by atoms with Gasteiger partial charge in [0.25, 0.3) is 0 Å². The van der Waals surface area contributed by atoms with Gasteiger partial charge in [-0.05, 0) is 31.4 Å². The number of rotatable bonds is 5. The molecule has 112 valence electrons. The summed E-state index contributed by atoms with van der Waals surface area (Å²) in [5.74, 6) is 0.0126. The molecule has 0 aliphatic heterocycles. The standard InChI is InChI=1S/C16H19F2N3/c1-2-3-9-21-15(19)14(20-16(21)10-7-8-10)11-5-4-6-12(17)13(11)18/h4-6,10H,2-3,7-9,19H2,1H3. The second-order valence-electron chi connectivity index (χ2n) is 5.58. The predicted octanol–water partition coefficient (Wildman–Crippen LogP) is 4.09.